The standard InChI is InChI=1S/C17H26N4O3S/c1-25(23,24)20-6-4-19(5-7-20)12-14-2-3-16-15-8-13(9-18-10-15)11-21(16)17(14)22/h2-3,13,15,18H,4-12H2,1H3/t13-,15+/m0/s1. The molecule has 0 aliphatic carbocycles. The smallest absolute Gasteiger partial charge is 0.255 e. The van der Waals surface area contributed by atoms with E-state index in [9.17, 15) is 13.2 Å². The van der Waals surface area contributed by atoms with E-state index in [1.54, 1.807) is 0 Å². The number of nitrogens with one attached hydrogen (secondary N) is 1. The fourth-order valence-electron chi connectivity index (χ4n) is 4.42. The SMILES string of the molecule is CS(=O)(=O)N1CCN(Cc2ccc3n(c2=O)C[C@@H]2CNC[C@H]3C2)CC1. The Balaban J connectivity index is 1.49. The van der Waals surface area contributed by atoms with Gasteiger partial charge in [0.1, 0.15) is 0 Å². The lowest BCUT2D eigenvalue weighted by Crippen LogP contribution is -2.49. The highest BCUT2D eigenvalue weighted by molar-refractivity contribution is 7.88. The van der Waals surface area contributed by atoms with Gasteiger partial charge in [-0.15, -0.1) is 0 Å². The summed E-state index contributed by atoms with van der Waals surface area (Å²) in [4.78, 5) is 15.1. The average molecular weight is 366 g/mol. The van der Waals surface area contributed by atoms with Gasteiger partial charge >= 0.3 is 0 Å². The molecule has 2 atom stereocenters. The molecule has 0 saturated carbocycles. The third-order valence-electron chi connectivity index (χ3n) is 5.78. The zero-order valence-corrected chi connectivity index (χ0v) is 15.5. The van der Waals surface area contributed by atoms with E-state index < -0.39 is 10.0 Å². The van der Waals surface area contributed by atoms with E-state index >= 15 is 0 Å². The van der Waals surface area contributed by atoms with Gasteiger partial charge in [-0.3, -0.25) is 9.69 Å². The van der Waals surface area contributed by atoms with Crippen molar-refractivity contribution in [1.82, 2.24) is 19.1 Å². The van der Waals surface area contributed by atoms with Gasteiger partial charge in [-0.2, -0.15) is 4.31 Å². The second-order valence-corrected chi connectivity index (χ2v) is 9.58. The maximum Gasteiger partial charge on any atom is 0.255 e. The Kier molecular flexibility index (Phi) is 4.47. The average Bonchev–Trinajstić information content (AvgIpc) is 2.58. The summed E-state index contributed by atoms with van der Waals surface area (Å²) in [6, 6.07) is 4.10. The molecular weight excluding hydrogens is 340 g/mol. The number of nitrogens with zero attached hydrogens (tertiary/aromatic N) is 3. The van der Waals surface area contributed by atoms with E-state index in [1.807, 2.05) is 10.6 Å². The first-order valence-electron chi connectivity index (χ1n) is 9.02. The monoisotopic (exact) mass is 366 g/mol. The first-order valence-corrected chi connectivity index (χ1v) is 10.9. The van der Waals surface area contributed by atoms with Crippen molar-refractivity contribution >= 4 is 10.0 Å². The largest absolute Gasteiger partial charge is 0.316 e. The summed E-state index contributed by atoms with van der Waals surface area (Å²) >= 11 is 0. The number of aromatic nitrogens is 1. The van der Waals surface area contributed by atoms with Gasteiger partial charge < -0.3 is 9.88 Å². The van der Waals surface area contributed by atoms with E-state index in [-0.39, 0.29) is 5.56 Å². The van der Waals surface area contributed by atoms with E-state index in [2.05, 4.69) is 16.3 Å². The van der Waals surface area contributed by atoms with Gasteiger partial charge in [0.15, 0.2) is 0 Å². The molecule has 138 valence electrons. The van der Waals surface area contributed by atoms with Gasteiger partial charge in [-0.25, -0.2) is 8.42 Å². The number of hydrogen-bond acceptors (Lipinski definition) is 5. The van der Waals surface area contributed by atoms with Crippen LogP contribution in [-0.2, 0) is 23.1 Å². The minimum absolute atomic E-state index is 0.139. The van der Waals surface area contributed by atoms with Gasteiger partial charge in [-0.1, -0.05) is 6.07 Å². The fourth-order valence-corrected chi connectivity index (χ4v) is 5.24. The summed E-state index contributed by atoms with van der Waals surface area (Å²) in [6.07, 6.45) is 2.43. The van der Waals surface area contributed by atoms with Crippen LogP contribution in [-0.4, -0.2) is 67.7 Å². The lowest BCUT2D eigenvalue weighted by molar-refractivity contribution is 0.180. The van der Waals surface area contributed by atoms with Crippen LogP contribution < -0.4 is 10.9 Å². The molecule has 0 amide bonds. The van der Waals surface area contributed by atoms with Crippen LogP contribution in [0, 0.1) is 5.92 Å². The number of rotatable bonds is 3. The van der Waals surface area contributed by atoms with Crippen LogP contribution in [0.5, 0.6) is 0 Å². The molecule has 0 aromatic carbocycles. The van der Waals surface area contributed by atoms with Crippen molar-refractivity contribution in [2.45, 2.75) is 25.4 Å². The summed E-state index contributed by atoms with van der Waals surface area (Å²) in [7, 11) is -3.12. The van der Waals surface area contributed by atoms with Crippen LogP contribution in [0.15, 0.2) is 16.9 Å². The van der Waals surface area contributed by atoms with Crippen molar-refractivity contribution in [1.29, 1.82) is 0 Å². The lowest BCUT2D eigenvalue weighted by Gasteiger charge is -2.38. The number of sulfonamides is 1. The second kappa shape index (κ2) is 6.50. The Morgan fingerprint density at radius 2 is 1.92 bits per heavy atom. The molecule has 3 aliphatic heterocycles. The topological polar surface area (TPSA) is 74.7 Å². The first-order chi connectivity index (χ1) is 11.9. The molecule has 7 nitrogen and oxygen atoms in total. The molecule has 0 unspecified atom stereocenters. The Morgan fingerprint density at radius 1 is 1.16 bits per heavy atom. The third kappa shape index (κ3) is 3.40. The minimum Gasteiger partial charge on any atom is -0.316 e. The highest BCUT2D eigenvalue weighted by Crippen LogP contribution is 2.31. The summed E-state index contributed by atoms with van der Waals surface area (Å²) in [5.74, 6) is 1.00. The van der Waals surface area contributed by atoms with Crippen molar-refractivity contribution < 1.29 is 8.42 Å². The normalized spacial score (nSPS) is 27.9. The van der Waals surface area contributed by atoms with Crippen molar-refractivity contribution in [3.8, 4) is 0 Å². The van der Waals surface area contributed by atoms with E-state index in [4.69, 9.17) is 0 Å². The molecule has 1 N–H and O–H groups in total. The van der Waals surface area contributed by atoms with E-state index in [0.29, 0.717) is 44.6 Å². The van der Waals surface area contributed by atoms with Crippen LogP contribution in [0.25, 0.3) is 0 Å². The van der Waals surface area contributed by atoms with Crippen LogP contribution in [0.2, 0.25) is 0 Å². The van der Waals surface area contributed by atoms with E-state index in [0.717, 1.165) is 25.2 Å². The number of pyridine rings is 1. The van der Waals surface area contributed by atoms with Gasteiger partial charge in [0.05, 0.1) is 6.26 Å². The molecule has 2 bridgehead atoms. The Bertz CT molecular complexity index is 812. The van der Waals surface area contributed by atoms with Crippen molar-refractivity contribution in [3.63, 3.8) is 0 Å². The number of fused-ring (bicyclic) bond motifs is 4. The number of hydrogen-bond donors (Lipinski definition) is 1. The predicted octanol–water partition coefficient (Wildman–Crippen LogP) is -0.368. The summed E-state index contributed by atoms with van der Waals surface area (Å²) in [5, 5.41) is 3.47. The molecule has 25 heavy (non-hydrogen) atoms. The molecule has 1 aromatic heterocycles. The summed E-state index contributed by atoms with van der Waals surface area (Å²) in [5.41, 5.74) is 2.13. The van der Waals surface area contributed by atoms with Crippen LogP contribution in [0.1, 0.15) is 23.6 Å². The molecule has 4 heterocycles. The highest BCUT2D eigenvalue weighted by Gasteiger charge is 2.31. The highest BCUT2D eigenvalue weighted by atomic mass is 32.2. The Hall–Kier alpha value is -1.22. The summed E-state index contributed by atoms with van der Waals surface area (Å²) < 4.78 is 26.7. The van der Waals surface area contributed by atoms with Crippen LogP contribution in [0.4, 0.5) is 0 Å². The molecule has 4 rings (SSSR count). The number of piperidine rings is 1. The molecule has 0 radical (unpaired) electrons. The zero-order chi connectivity index (χ0) is 17.6. The van der Waals surface area contributed by atoms with Gasteiger partial charge in [0.2, 0.25) is 10.0 Å². The molecule has 2 fully saturated rings. The Labute approximate surface area is 148 Å². The van der Waals surface area contributed by atoms with Crippen molar-refractivity contribution in [2.75, 3.05) is 45.5 Å². The van der Waals surface area contributed by atoms with E-state index in [1.165, 1.54) is 22.7 Å². The maximum absolute atomic E-state index is 13.0. The molecule has 1 aromatic rings. The quantitative estimate of drug-likeness (QED) is 0.790. The molecular formula is C17H26N4O3S. The fraction of sp³-hybridized carbons (Fsp3) is 0.706. The van der Waals surface area contributed by atoms with Gasteiger partial charge in [0.25, 0.3) is 5.56 Å². The minimum atomic E-state index is -3.12. The van der Waals surface area contributed by atoms with Crippen molar-refractivity contribution in [2.24, 2.45) is 5.92 Å². The second-order valence-electron chi connectivity index (χ2n) is 7.59. The molecule has 8 heteroatoms. The summed E-state index contributed by atoms with van der Waals surface area (Å²) in [6.45, 7) is 5.72. The van der Waals surface area contributed by atoms with Gasteiger partial charge in [-0.05, 0) is 24.9 Å². The molecule has 2 saturated heterocycles. The molecule has 0 spiro atoms. The van der Waals surface area contributed by atoms with Crippen LogP contribution >= 0.6 is 0 Å². The predicted molar refractivity (Wildman–Crippen MR) is 96.1 cm³/mol. The third-order valence-corrected chi connectivity index (χ3v) is 7.08. The molecule has 3 aliphatic rings. The maximum atomic E-state index is 13.0. The lowest BCUT2D eigenvalue weighted by atomic mass is 9.84. The number of piperazine rings is 1. The zero-order valence-electron chi connectivity index (χ0n) is 14.6. The van der Waals surface area contributed by atoms with Crippen LogP contribution in [0.3, 0.4) is 0 Å². The Morgan fingerprint density at radius 3 is 2.64 bits per heavy atom. The van der Waals surface area contributed by atoms with Gasteiger partial charge in [0, 0.05) is 63.0 Å². The first kappa shape index (κ1) is 17.2. The van der Waals surface area contributed by atoms with Crippen molar-refractivity contribution in [3.05, 3.63) is 33.7 Å².